The zero-order valence-corrected chi connectivity index (χ0v) is 13.2. The molecule has 1 saturated heterocycles. The van der Waals surface area contributed by atoms with Gasteiger partial charge in [0.05, 0.1) is 5.56 Å². The van der Waals surface area contributed by atoms with Crippen LogP contribution in [0.5, 0.6) is 0 Å². The molecule has 1 aromatic carbocycles. The Morgan fingerprint density at radius 3 is 2.35 bits per heavy atom. The maximum atomic E-state index is 12.5. The number of nitrogens with zero attached hydrogens (tertiary/aromatic N) is 2. The minimum absolute atomic E-state index is 0.000616. The van der Waals surface area contributed by atoms with E-state index in [1.54, 1.807) is 24.5 Å². The Kier molecular flexibility index (Phi) is 4.51. The summed E-state index contributed by atoms with van der Waals surface area (Å²) in [5, 5.41) is 0. The van der Waals surface area contributed by atoms with Gasteiger partial charge < -0.3 is 4.90 Å². The number of aryl methyl sites for hydroxylation is 1. The molecule has 4 heteroatoms. The second kappa shape index (κ2) is 6.73. The Bertz CT molecular complexity index is 687. The fourth-order valence-electron chi connectivity index (χ4n) is 2.97. The fourth-order valence-corrected chi connectivity index (χ4v) is 2.97. The predicted molar refractivity (Wildman–Crippen MR) is 88.4 cm³/mol. The summed E-state index contributed by atoms with van der Waals surface area (Å²) >= 11 is 0. The Balaban J connectivity index is 1.61. The van der Waals surface area contributed by atoms with Gasteiger partial charge in [0.1, 0.15) is 0 Å². The van der Waals surface area contributed by atoms with Crippen molar-refractivity contribution in [3.8, 4) is 0 Å². The van der Waals surface area contributed by atoms with E-state index in [0.717, 1.165) is 24.0 Å². The zero-order chi connectivity index (χ0) is 16.2. The molecule has 1 aliphatic rings. The average molecular weight is 308 g/mol. The topological polar surface area (TPSA) is 50.3 Å². The highest BCUT2D eigenvalue weighted by Gasteiger charge is 2.28. The molecule has 118 valence electrons. The van der Waals surface area contributed by atoms with Crippen LogP contribution in [0.1, 0.15) is 39.1 Å². The monoisotopic (exact) mass is 308 g/mol. The van der Waals surface area contributed by atoms with Crippen LogP contribution in [0, 0.1) is 12.8 Å². The summed E-state index contributed by atoms with van der Waals surface area (Å²) in [6.07, 6.45) is 4.69. The number of hydrogen-bond donors (Lipinski definition) is 0. The molecule has 0 N–H and O–H groups in total. The largest absolute Gasteiger partial charge is 0.339 e. The van der Waals surface area contributed by atoms with Crippen molar-refractivity contribution in [1.29, 1.82) is 0 Å². The molecular weight excluding hydrogens is 288 g/mol. The van der Waals surface area contributed by atoms with E-state index in [9.17, 15) is 9.59 Å². The summed E-state index contributed by atoms with van der Waals surface area (Å²) in [7, 11) is 0. The molecule has 0 unspecified atom stereocenters. The summed E-state index contributed by atoms with van der Waals surface area (Å²) < 4.78 is 0. The third-order valence-electron chi connectivity index (χ3n) is 4.40. The van der Waals surface area contributed by atoms with Gasteiger partial charge in [-0.15, -0.1) is 0 Å². The van der Waals surface area contributed by atoms with Crippen LogP contribution in [0.15, 0.2) is 48.8 Å². The van der Waals surface area contributed by atoms with E-state index in [2.05, 4.69) is 4.98 Å². The number of ketones is 1. The molecule has 1 aromatic heterocycles. The highest BCUT2D eigenvalue weighted by Crippen LogP contribution is 2.23. The number of Topliss-reactive ketones (excluding diaryl/α,β-unsaturated/α-hetero) is 1. The van der Waals surface area contributed by atoms with Crippen LogP contribution in [0.3, 0.4) is 0 Å². The standard InChI is InChI=1S/C19H20N2O2/c1-14-4-6-15(7-5-14)18(22)16-8-11-21(12-9-16)19(23)17-3-2-10-20-13-17/h2-7,10,13,16H,8-9,11-12H2,1H3. The molecule has 1 fully saturated rings. The van der Waals surface area contributed by atoms with Crippen molar-refractivity contribution >= 4 is 11.7 Å². The van der Waals surface area contributed by atoms with E-state index < -0.39 is 0 Å². The number of benzene rings is 1. The molecule has 0 aliphatic carbocycles. The van der Waals surface area contributed by atoms with Gasteiger partial charge in [-0.3, -0.25) is 14.6 Å². The predicted octanol–water partition coefficient (Wildman–Crippen LogP) is 3.13. The van der Waals surface area contributed by atoms with Crippen LogP contribution in [0.2, 0.25) is 0 Å². The van der Waals surface area contributed by atoms with Crippen molar-refractivity contribution in [2.24, 2.45) is 5.92 Å². The van der Waals surface area contributed by atoms with Crippen molar-refractivity contribution < 1.29 is 9.59 Å². The number of rotatable bonds is 3. The van der Waals surface area contributed by atoms with E-state index in [0.29, 0.717) is 18.7 Å². The molecule has 4 nitrogen and oxygen atoms in total. The maximum Gasteiger partial charge on any atom is 0.255 e. The minimum Gasteiger partial charge on any atom is -0.339 e. The summed E-state index contributed by atoms with van der Waals surface area (Å²) in [5.41, 5.74) is 2.53. The molecule has 1 amide bonds. The first-order valence-electron chi connectivity index (χ1n) is 7.95. The lowest BCUT2D eigenvalue weighted by molar-refractivity contribution is 0.0650. The molecule has 23 heavy (non-hydrogen) atoms. The highest BCUT2D eigenvalue weighted by molar-refractivity contribution is 5.98. The van der Waals surface area contributed by atoms with Gasteiger partial charge in [0.25, 0.3) is 5.91 Å². The summed E-state index contributed by atoms with van der Waals surface area (Å²) in [6.45, 7) is 3.25. The van der Waals surface area contributed by atoms with Crippen molar-refractivity contribution in [3.63, 3.8) is 0 Å². The Morgan fingerprint density at radius 1 is 1.04 bits per heavy atom. The van der Waals surface area contributed by atoms with E-state index in [1.165, 1.54) is 0 Å². The lowest BCUT2D eigenvalue weighted by Gasteiger charge is -2.31. The third-order valence-corrected chi connectivity index (χ3v) is 4.40. The van der Waals surface area contributed by atoms with Crippen LogP contribution in [-0.2, 0) is 0 Å². The molecule has 0 spiro atoms. The Hall–Kier alpha value is -2.49. The van der Waals surface area contributed by atoms with Gasteiger partial charge in [-0.25, -0.2) is 0 Å². The number of aromatic nitrogens is 1. The molecule has 2 aromatic rings. The first-order chi connectivity index (χ1) is 11.1. The number of likely N-dealkylation sites (tertiary alicyclic amines) is 1. The Morgan fingerprint density at radius 2 is 1.74 bits per heavy atom. The van der Waals surface area contributed by atoms with Crippen molar-refractivity contribution in [3.05, 3.63) is 65.5 Å². The number of hydrogen-bond acceptors (Lipinski definition) is 3. The van der Waals surface area contributed by atoms with E-state index in [4.69, 9.17) is 0 Å². The van der Waals surface area contributed by atoms with Crippen molar-refractivity contribution in [2.75, 3.05) is 13.1 Å². The lowest BCUT2D eigenvalue weighted by atomic mass is 9.88. The van der Waals surface area contributed by atoms with Crippen LogP contribution in [-0.4, -0.2) is 34.7 Å². The molecule has 3 rings (SSSR count). The van der Waals surface area contributed by atoms with Crippen molar-refractivity contribution in [1.82, 2.24) is 9.88 Å². The van der Waals surface area contributed by atoms with Gasteiger partial charge in [-0.1, -0.05) is 29.8 Å². The first kappa shape index (κ1) is 15.4. The second-order valence-corrected chi connectivity index (χ2v) is 6.04. The second-order valence-electron chi connectivity index (χ2n) is 6.04. The molecule has 2 heterocycles. The van der Waals surface area contributed by atoms with E-state index in [-0.39, 0.29) is 17.6 Å². The smallest absolute Gasteiger partial charge is 0.255 e. The molecule has 0 bridgehead atoms. The van der Waals surface area contributed by atoms with Crippen LogP contribution in [0.4, 0.5) is 0 Å². The quantitative estimate of drug-likeness (QED) is 0.819. The van der Waals surface area contributed by atoms with Gasteiger partial charge in [-0.05, 0) is 31.9 Å². The summed E-state index contributed by atoms with van der Waals surface area (Å²) in [5.74, 6) is 0.202. The SMILES string of the molecule is Cc1ccc(C(=O)C2CCN(C(=O)c3cccnc3)CC2)cc1. The van der Waals surface area contributed by atoms with Gasteiger partial charge in [-0.2, -0.15) is 0 Å². The minimum atomic E-state index is -0.000616. The maximum absolute atomic E-state index is 12.5. The number of amides is 1. The van der Waals surface area contributed by atoms with Crippen molar-refractivity contribution in [2.45, 2.75) is 19.8 Å². The highest BCUT2D eigenvalue weighted by atomic mass is 16.2. The van der Waals surface area contributed by atoms with Crippen LogP contribution in [0.25, 0.3) is 0 Å². The fraction of sp³-hybridized carbons (Fsp3) is 0.316. The summed E-state index contributed by atoms with van der Waals surface area (Å²) in [4.78, 5) is 30.7. The number of piperidine rings is 1. The number of pyridine rings is 1. The first-order valence-corrected chi connectivity index (χ1v) is 7.95. The van der Waals surface area contributed by atoms with E-state index >= 15 is 0 Å². The molecule has 0 radical (unpaired) electrons. The zero-order valence-electron chi connectivity index (χ0n) is 13.2. The van der Waals surface area contributed by atoms with Gasteiger partial charge in [0, 0.05) is 37.0 Å². The lowest BCUT2D eigenvalue weighted by Crippen LogP contribution is -2.40. The van der Waals surface area contributed by atoms with Gasteiger partial charge in [0.2, 0.25) is 0 Å². The van der Waals surface area contributed by atoms with E-state index in [1.807, 2.05) is 36.1 Å². The Labute approximate surface area is 136 Å². The molecule has 1 aliphatic heterocycles. The number of carbonyl (C=O) groups excluding carboxylic acids is 2. The molecular formula is C19H20N2O2. The van der Waals surface area contributed by atoms with Crippen LogP contribution < -0.4 is 0 Å². The van der Waals surface area contributed by atoms with Gasteiger partial charge >= 0.3 is 0 Å². The average Bonchev–Trinajstić information content (AvgIpc) is 2.62. The normalized spacial score (nSPS) is 15.4. The molecule has 0 atom stereocenters. The summed E-state index contributed by atoms with van der Waals surface area (Å²) in [6, 6.07) is 11.3. The third kappa shape index (κ3) is 3.47. The molecule has 0 saturated carbocycles. The van der Waals surface area contributed by atoms with Crippen LogP contribution >= 0.6 is 0 Å². The number of carbonyl (C=O) groups is 2. The van der Waals surface area contributed by atoms with Gasteiger partial charge in [0.15, 0.2) is 5.78 Å².